The van der Waals surface area contributed by atoms with E-state index in [-0.39, 0.29) is 12.5 Å². The number of hydrogen-bond acceptors (Lipinski definition) is 3. The number of rotatable bonds is 19. The van der Waals surface area contributed by atoms with Crippen molar-refractivity contribution in [2.24, 2.45) is 0 Å². The molecule has 0 unspecified atom stereocenters. The Morgan fingerprint density at radius 1 is 0.720 bits per heavy atom. The molecular weight excluding hydrogens is 316 g/mol. The van der Waals surface area contributed by atoms with Gasteiger partial charge >= 0.3 is 5.97 Å². The van der Waals surface area contributed by atoms with Crippen molar-refractivity contribution in [1.29, 1.82) is 0 Å². The molecule has 5 nitrogen and oxygen atoms in total. The van der Waals surface area contributed by atoms with E-state index in [1.165, 1.54) is 64.2 Å². The molecule has 0 aromatic rings. The number of aliphatic carboxylic acids is 1. The van der Waals surface area contributed by atoms with E-state index < -0.39 is 5.97 Å². The van der Waals surface area contributed by atoms with Crippen molar-refractivity contribution in [2.75, 3.05) is 19.6 Å². The molecule has 0 saturated heterocycles. The Hall–Kier alpha value is -1.10. The van der Waals surface area contributed by atoms with Gasteiger partial charge in [-0.3, -0.25) is 9.59 Å². The Morgan fingerprint density at radius 2 is 1.20 bits per heavy atom. The lowest BCUT2D eigenvalue weighted by Gasteiger charge is -2.04. The maximum atomic E-state index is 11.4. The van der Waals surface area contributed by atoms with Crippen LogP contribution < -0.4 is 10.6 Å². The molecule has 0 heterocycles. The molecule has 0 rings (SSSR count). The van der Waals surface area contributed by atoms with Gasteiger partial charge in [0.25, 0.3) is 0 Å². The highest BCUT2D eigenvalue weighted by molar-refractivity contribution is 5.75. The zero-order valence-corrected chi connectivity index (χ0v) is 16.3. The molecule has 0 aliphatic rings. The topological polar surface area (TPSA) is 78.4 Å². The lowest BCUT2D eigenvalue weighted by atomic mass is 10.0. The molecule has 0 saturated carbocycles. The molecule has 0 aliphatic carbocycles. The lowest BCUT2D eigenvalue weighted by molar-refractivity contribution is -0.136. The zero-order chi connectivity index (χ0) is 18.6. The standard InChI is InChI=1S/C20H40N2O3/c1-2-16-22-19(23)15-13-11-9-7-5-3-4-6-8-10-12-14-17-21-18-20(24)25/h21H,2-18H2,1H3,(H,22,23)(H,24,25). The van der Waals surface area contributed by atoms with Crippen LogP contribution in [0.2, 0.25) is 0 Å². The van der Waals surface area contributed by atoms with E-state index in [2.05, 4.69) is 17.6 Å². The average Bonchev–Trinajstić information content (AvgIpc) is 2.59. The predicted molar refractivity (Wildman–Crippen MR) is 104 cm³/mol. The SMILES string of the molecule is CCCNC(=O)CCCCCCCCCCCCCCNCC(=O)O. The summed E-state index contributed by atoms with van der Waals surface area (Å²) in [5, 5.41) is 14.3. The third-order valence-electron chi connectivity index (χ3n) is 4.36. The number of carbonyl (C=O) groups is 2. The highest BCUT2D eigenvalue weighted by Crippen LogP contribution is 2.12. The van der Waals surface area contributed by atoms with Crippen molar-refractivity contribution in [3.8, 4) is 0 Å². The number of hydrogen-bond donors (Lipinski definition) is 3. The minimum atomic E-state index is -0.780. The monoisotopic (exact) mass is 356 g/mol. The number of carboxylic acid groups (broad SMARTS) is 1. The Bertz CT molecular complexity index is 322. The largest absolute Gasteiger partial charge is 0.480 e. The van der Waals surface area contributed by atoms with Gasteiger partial charge in [0.15, 0.2) is 0 Å². The van der Waals surface area contributed by atoms with E-state index in [0.29, 0.717) is 6.42 Å². The normalized spacial score (nSPS) is 10.8. The van der Waals surface area contributed by atoms with Gasteiger partial charge in [-0.25, -0.2) is 0 Å². The van der Waals surface area contributed by atoms with E-state index in [1.54, 1.807) is 0 Å². The predicted octanol–water partition coefficient (Wildman–Crippen LogP) is 4.26. The fourth-order valence-electron chi connectivity index (χ4n) is 2.85. The van der Waals surface area contributed by atoms with Crippen molar-refractivity contribution in [3.63, 3.8) is 0 Å². The Balaban J connectivity index is 3.07. The van der Waals surface area contributed by atoms with E-state index in [0.717, 1.165) is 32.4 Å². The van der Waals surface area contributed by atoms with Gasteiger partial charge in [0.1, 0.15) is 0 Å². The van der Waals surface area contributed by atoms with Crippen molar-refractivity contribution in [2.45, 2.75) is 96.8 Å². The summed E-state index contributed by atoms with van der Waals surface area (Å²) in [5.41, 5.74) is 0. The fraction of sp³-hybridized carbons (Fsp3) is 0.900. The van der Waals surface area contributed by atoms with Crippen LogP contribution >= 0.6 is 0 Å². The van der Waals surface area contributed by atoms with Gasteiger partial charge in [0, 0.05) is 13.0 Å². The first-order chi connectivity index (χ1) is 12.2. The van der Waals surface area contributed by atoms with Crippen LogP contribution in [0.1, 0.15) is 96.8 Å². The highest BCUT2D eigenvalue weighted by Gasteiger charge is 1.99. The van der Waals surface area contributed by atoms with Gasteiger partial charge < -0.3 is 15.7 Å². The van der Waals surface area contributed by atoms with Gasteiger partial charge in [-0.2, -0.15) is 0 Å². The van der Waals surface area contributed by atoms with Crippen molar-refractivity contribution in [1.82, 2.24) is 10.6 Å². The van der Waals surface area contributed by atoms with E-state index >= 15 is 0 Å². The Labute approximate surface area is 154 Å². The summed E-state index contributed by atoms with van der Waals surface area (Å²) < 4.78 is 0. The quantitative estimate of drug-likeness (QED) is 0.302. The number of unbranched alkanes of at least 4 members (excludes halogenated alkanes) is 11. The van der Waals surface area contributed by atoms with E-state index in [9.17, 15) is 9.59 Å². The third kappa shape index (κ3) is 20.9. The molecule has 0 fully saturated rings. The fourth-order valence-corrected chi connectivity index (χ4v) is 2.85. The smallest absolute Gasteiger partial charge is 0.317 e. The summed E-state index contributed by atoms with van der Waals surface area (Å²) in [4.78, 5) is 21.7. The summed E-state index contributed by atoms with van der Waals surface area (Å²) in [6.07, 6.45) is 16.6. The maximum absolute atomic E-state index is 11.4. The average molecular weight is 357 g/mol. The van der Waals surface area contributed by atoms with Crippen LogP contribution in [0.3, 0.4) is 0 Å². The number of nitrogens with one attached hydrogen (secondary N) is 2. The van der Waals surface area contributed by atoms with Crippen LogP contribution in [0.25, 0.3) is 0 Å². The number of carboxylic acids is 1. The van der Waals surface area contributed by atoms with Gasteiger partial charge in [-0.15, -0.1) is 0 Å². The van der Waals surface area contributed by atoms with E-state index in [1.807, 2.05) is 0 Å². The number of carbonyl (C=O) groups excluding carboxylic acids is 1. The second-order valence-electron chi connectivity index (χ2n) is 6.91. The molecular formula is C20H40N2O3. The number of amides is 1. The minimum absolute atomic E-state index is 0.0755. The Morgan fingerprint density at radius 3 is 1.68 bits per heavy atom. The van der Waals surface area contributed by atoms with Crippen LogP contribution in [0, 0.1) is 0 Å². The molecule has 0 radical (unpaired) electrons. The highest BCUT2D eigenvalue weighted by atomic mass is 16.4. The molecule has 5 heteroatoms. The van der Waals surface area contributed by atoms with Crippen LogP contribution in [0.5, 0.6) is 0 Å². The lowest BCUT2D eigenvalue weighted by Crippen LogP contribution is -2.23. The summed E-state index contributed by atoms with van der Waals surface area (Å²) in [6, 6.07) is 0. The molecule has 3 N–H and O–H groups in total. The van der Waals surface area contributed by atoms with Gasteiger partial charge in [-0.1, -0.05) is 71.1 Å². The van der Waals surface area contributed by atoms with Crippen LogP contribution in [0.4, 0.5) is 0 Å². The summed E-state index contributed by atoms with van der Waals surface area (Å²) >= 11 is 0. The molecule has 0 spiro atoms. The van der Waals surface area contributed by atoms with Gasteiger partial charge in [0.05, 0.1) is 6.54 Å². The van der Waals surface area contributed by atoms with Crippen LogP contribution in [-0.4, -0.2) is 36.6 Å². The Kier molecular flexibility index (Phi) is 18.4. The minimum Gasteiger partial charge on any atom is -0.480 e. The third-order valence-corrected chi connectivity index (χ3v) is 4.36. The molecule has 1 amide bonds. The first-order valence-electron chi connectivity index (χ1n) is 10.4. The molecule has 0 atom stereocenters. The molecule has 148 valence electrons. The van der Waals surface area contributed by atoms with Crippen molar-refractivity contribution in [3.05, 3.63) is 0 Å². The first kappa shape index (κ1) is 23.9. The first-order valence-corrected chi connectivity index (χ1v) is 10.4. The van der Waals surface area contributed by atoms with Crippen LogP contribution in [0.15, 0.2) is 0 Å². The van der Waals surface area contributed by atoms with E-state index in [4.69, 9.17) is 5.11 Å². The van der Waals surface area contributed by atoms with Gasteiger partial charge in [0.2, 0.25) is 5.91 Å². The molecule has 0 aromatic heterocycles. The van der Waals surface area contributed by atoms with Crippen LogP contribution in [-0.2, 0) is 9.59 Å². The maximum Gasteiger partial charge on any atom is 0.317 e. The molecule has 0 aromatic carbocycles. The summed E-state index contributed by atoms with van der Waals surface area (Å²) in [6.45, 7) is 3.77. The van der Waals surface area contributed by atoms with Crippen molar-refractivity contribution < 1.29 is 14.7 Å². The second-order valence-corrected chi connectivity index (χ2v) is 6.91. The second kappa shape index (κ2) is 19.2. The molecule has 25 heavy (non-hydrogen) atoms. The summed E-state index contributed by atoms with van der Waals surface area (Å²) in [5.74, 6) is -0.572. The summed E-state index contributed by atoms with van der Waals surface area (Å²) in [7, 11) is 0. The van der Waals surface area contributed by atoms with Gasteiger partial charge in [-0.05, 0) is 25.8 Å². The van der Waals surface area contributed by atoms with Crippen molar-refractivity contribution >= 4 is 11.9 Å². The zero-order valence-electron chi connectivity index (χ0n) is 16.3. The molecule has 0 aliphatic heterocycles. The molecule has 0 bridgehead atoms.